The van der Waals surface area contributed by atoms with Crippen molar-refractivity contribution in [2.75, 3.05) is 6.54 Å². The fourth-order valence-corrected chi connectivity index (χ4v) is 3.68. The largest absolute Gasteiger partial charge is 0.480 e. The van der Waals surface area contributed by atoms with Crippen molar-refractivity contribution in [3.05, 3.63) is 40.5 Å². The van der Waals surface area contributed by atoms with Gasteiger partial charge in [0.2, 0.25) is 5.89 Å². The Morgan fingerprint density at radius 2 is 2.12 bits per heavy atom. The quantitative estimate of drug-likeness (QED) is 0.858. The zero-order valence-electron chi connectivity index (χ0n) is 14.9. The first kappa shape index (κ1) is 16.1. The Hall–Kier alpha value is -2.37. The third-order valence-electron chi connectivity index (χ3n) is 5.25. The smallest absolute Gasteiger partial charge is 0.264 e. The van der Waals surface area contributed by atoms with E-state index in [2.05, 4.69) is 30.1 Å². The van der Waals surface area contributed by atoms with E-state index in [-0.39, 0.29) is 11.9 Å². The van der Waals surface area contributed by atoms with E-state index in [1.807, 2.05) is 17.9 Å². The van der Waals surface area contributed by atoms with E-state index in [0.29, 0.717) is 31.1 Å². The summed E-state index contributed by atoms with van der Waals surface area (Å²) in [4.78, 5) is 19.3. The van der Waals surface area contributed by atoms with Crippen molar-refractivity contribution in [2.24, 2.45) is 0 Å². The van der Waals surface area contributed by atoms with Crippen molar-refractivity contribution in [3.8, 4) is 5.75 Å². The predicted octanol–water partition coefficient (Wildman–Crippen LogP) is 2.92. The van der Waals surface area contributed by atoms with E-state index < -0.39 is 6.10 Å². The third kappa shape index (κ3) is 2.79. The maximum absolute atomic E-state index is 13.1. The molecule has 25 heavy (non-hydrogen) atoms. The molecule has 2 atom stereocenters. The molecule has 2 unspecified atom stereocenters. The summed E-state index contributed by atoms with van der Waals surface area (Å²) in [5, 5.41) is 4.07. The molecule has 4 rings (SSSR count). The Balaban J connectivity index is 1.52. The number of hydrogen-bond donors (Lipinski definition) is 0. The van der Waals surface area contributed by atoms with Gasteiger partial charge in [0, 0.05) is 19.4 Å². The molecule has 1 fully saturated rings. The lowest BCUT2D eigenvalue weighted by Crippen LogP contribution is -2.41. The van der Waals surface area contributed by atoms with Gasteiger partial charge < -0.3 is 14.2 Å². The molecule has 0 radical (unpaired) electrons. The lowest BCUT2D eigenvalue weighted by molar-refractivity contribution is -0.139. The number of hydrogen-bond acceptors (Lipinski definition) is 5. The minimum atomic E-state index is -0.450. The van der Waals surface area contributed by atoms with Crippen molar-refractivity contribution in [2.45, 2.75) is 58.6 Å². The number of aromatic nitrogens is 2. The molecule has 6 heteroatoms. The van der Waals surface area contributed by atoms with Gasteiger partial charge in [0.25, 0.3) is 5.91 Å². The molecule has 2 aliphatic rings. The maximum atomic E-state index is 13.1. The number of aryl methyl sites for hydroxylation is 3. The minimum Gasteiger partial charge on any atom is -0.480 e. The SMILES string of the molecule is CCc1nc(C2CCCN2C(=O)C2Cc3cc(C)c(C)cc3O2)no1. The van der Waals surface area contributed by atoms with Crippen LogP contribution in [-0.4, -0.2) is 33.6 Å². The van der Waals surface area contributed by atoms with Crippen molar-refractivity contribution >= 4 is 5.91 Å². The first-order valence-corrected chi connectivity index (χ1v) is 8.96. The van der Waals surface area contributed by atoms with Gasteiger partial charge in [0.05, 0.1) is 6.04 Å². The number of benzene rings is 1. The average molecular weight is 341 g/mol. The van der Waals surface area contributed by atoms with Crippen LogP contribution in [-0.2, 0) is 17.6 Å². The predicted molar refractivity (Wildman–Crippen MR) is 91.4 cm³/mol. The molecule has 0 bridgehead atoms. The number of fused-ring (bicyclic) bond motifs is 1. The second-order valence-corrected chi connectivity index (χ2v) is 6.94. The summed E-state index contributed by atoms with van der Waals surface area (Å²) in [6.07, 6.45) is 2.70. The summed E-state index contributed by atoms with van der Waals surface area (Å²) in [6, 6.07) is 4.06. The van der Waals surface area contributed by atoms with E-state index in [4.69, 9.17) is 9.26 Å². The van der Waals surface area contributed by atoms with E-state index in [1.165, 1.54) is 11.1 Å². The number of amides is 1. The van der Waals surface area contributed by atoms with Crippen LogP contribution in [0.2, 0.25) is 0 Å². The number of nitrogens with zero attached hydrogens (tertiary/aromatic N) is 3. The van der Waals surface area contributed by atoms with Crippen LogP contribution in [0.5, 0.6) is 5.75 Å². The molecule has 0 aliphatic carbocycles. The summed E-state index contributed by atoms with van der Waals surface area (Å²) in [6.45, 7) is 6.84. The van der Waals surface area contributed by atoms with Crippen molar-refractivity contribution in [1.29, 1.82) is 0 Å². The van der Waals surface area contributed by atoms with Crippen molar-refractivity contribution in [3.63, 3.8) is 0 Å². The van der Waals surface area contributed by atoms with Gasteiger partial charge in [0.1, 0.15) is 5.75 Å². The molecule has 132 valence electrons. The number of carbonyl (C=O) groups excluding carboxylic acids is 1. The summed E-state index contributed by atoms with van der Waals surface area (Å²) >= 11 is 0. The van der Waals surface area contributed by atoms with Crippen LogP contribution in [0.3, 0.4) is 0 Å². The fraction of sp³-hybridized carbons (Fsp3) is 0.526. The lowest BCUT2D eigenvalue weighted by Gasteiger charge is -2.25. The number of carbonyl (C=O) groups is 1. The molecule has 0 saturated carbocycles. The molecule has 1 aromatic carbocycles. The molecule has 0 spiro atoms. The second-order valence-electron chi connectivity index (χ2n) is 6.94. The summed E-state index contributed by atoms with van der Waals surface area (Å²) in [5.41, 5.74) is 3.53. The summed E-state index contributed by atoms with van der Waals surface area (Å²) < 4.78 is 11.2. The Morgan fingerprint density at radius 1 is 1.32 bits per heavy atom. The minimum absolute atomic E-state index is 0.0249. The molecule has 6 nitrogen and oxygen atoms in total. The van der Waals surface area contributed by atoms with Gasteiger partial charge in [-0.2, -0.15) is 4.98 Å². The number of likely N-dealkylation sites (tertiary alicyclic amines) is 1. The van der Waals surface area contributed by atoms with Crippen molar-refractivity contribution < 1.29 is 14.1 Å². The molecule has 1 saturated heterocycles. The molecule has 2 aliphatic heterocycles. The first-order chi connectivity index (χ1) is 12.1. The third-order valence-corrected chi connectivity index (χ3v) is 5.25. The molecule has 0 N–H and O–H groups in total. The normalized spacial score (nSPS) is 22.1. The van der Waals surface area contributed by atoms with Gasteiger partial charge in [0.15, 0.2) is 11.9 Å². The number of rotatable bonds is 3. The highest BCUT2D eigenvalue weighted by Crippen LogP contribution is 2.35. The first-order valence-electron chi connectivity index (χ1n) is 8.96. The van der Waals surface area contributed by atoms with Crippen LogP contribution < -0.4 is 4.74 Å². The van der Waals surface area contributed by atoms with Crippen LogP contribution in [0, 0.1) is 13.8 Å². The van der Waals surface area contributed by atoms with Gasteiger partial charge in [-0.15, -0.1) is 0 Å². The fourth-order valence-electron chi connectivity index (χ4n) is 3.68. The highest BCUT2D eigenvalue weighted by molar-refractivity contribution is 5.83. The zero-order valence-corrected chi connectivity index (χ0v) is 14.9. The molecule has 3 heterocycles. The van der Waals surface area contributed by atoms with Crippen LogP contribution in [0.15, 0.2) is 16.7 Å². The maximum Gasteiger partial charge on any atom is 0.264 e. The zero-order chi connectivity index (χ0) is 17.6. The van der Waals surface area contributed by atoms with Gasteiger partial charge in [-0.1, -0.05) is 18.1 Å². The van der Waals surface area contributed by atoms with E-state index in [9.17, 15) is 4.79 Å². The Morgan fingerprint density at radius 3 is 2.88 bits per heavy atom. The van der Waals surface area contributed by atoms with Crippen LogP contribution in [0.1, 0.15) is 54.2 Å². The lowest BCUT2D eigenvalue weighted by atomic mass is 10.0. The van der Waals surface area contributed by atoms with E-state index >= 15 is 0 Å². The standard InChI is InChI=1S/C19H23N3O3/c1-4-17-20-18(21-25-17)14-6-5-7-22(14)19(23)16-10-13-8-11(2)12(3)9-15(13)24-16/h8-9,14,16H,4-7,10H2,1-3H3. The molecule has 2 aromatic rings. The van der Waals surface area contributed by atoms with Crippen LogP contribution in [0.4, 0.5) is 0 Å². The van der Waals surface area contributed by atoms with Gasteiger partial charge >= 0.3 is 0 Å². The highest BCUT2D eigenvalue weighted by Gasteiger charge is 2.39. The van der Waals surface area contributed by atoms with Gasteiger partial charge in [-0.3, -0.25) is 4.79 Å². The monoisotopic (exact) mass is 341 g/mol. The van der Waals surface area contributed by atoms with Crippen LogP contribution >= 0.6 is 0 Å². The summed E-state index contributed by atoms with van der Waals surface area (Å²) in [5.74, 6) is 2.09. The molecule has 1 aromatic heterocycles. The highest BCUT2D eigenvalue weighted by atomic mass is 16.5. The van der Waals surface area contributed by atoms with Crippen molar-refractivity contribution in [1.82, 2.24) is 15.0 Å². The Labute approximate surface area is 147 Å². The molecular weight excluding hydrogens is 318 g/mol. The van der Waals surface area contributed by atoms with Gasteiger partial charge in [-0.25, -0.2) is 0 Å². The Bertz CT molecular complexity index is 783. The van der Waals surface area contributed by atoms with Crippen LogP contribution in [0.25, 0.3) is 0 Å². The molecular formula is C19H23N3O3. The average Bonchev–Trinajstić information content (AvgIpc) is 3.32. The van der Waals surface area contributed by atoms with E-state index in [1.54, 1.807) is 0 Å². The topological polar surface area (TPSA) is 68.5 Å². The molecule has 1 amide bonds. The van der Waals surface area contributed by atoms with Gasteiger partial charge in [-0.05, 0) is 49.4 Å². The Kier molecular flexibility index (Phi) is 3.98. The van der Waals surface area contributed by atoms with E-state index in [0.717, 1.165) is 24.2 Å². The summed E-state index contributed by atoms with van der Waals surface area (Å²) in [7, 11) is 0. The second kappa shape index (κ2) is 6.17. The number of ether oxygens (including phenoxy) is 1.